The lowest BCUT2D eigenvalue weighted by Gasteiger charge is -2.11. The summed E-state index contributed by atoms with van der Waals surface area (Å²) < 4.78 is 11.4. The highest BCUT2D eigenvalue weighted by molar-refractivity contribution is 6.07. The van der Waals surface area contributed by atoms with Crippen LogP contribution in [0.2, 0.25) is 0 Å². The van der Waals surface area contributed by atoms with Crippen LogP contribution >= 0.6 is 0 Å². The van der Waals surface area contributed by atoms with E-state index in [9.17, 15) is 19.2 Å². The molecule has 0 saturated heterocycles. The number of ether oxygens (including phenoxy) is 2. The summed E-state index contributed by atoms with van der Waals surface area (Å²) in [5.41, 5.74) is 0.516. The zero-order valence-electron chi connectivity index (χ0n) is 18.8. The van der Waals surface area contributed by atoms with Crippen LogP contribution in [0.4, 0.5) is 0 Å². The minimum Gasteiger partial charge on any atom is -0.496 e. The third-order valence-corrected chi connectivity index (χ3v) is 5.18. The number of imide groups is 1. The van der Waals surface area contributed by atoms with Crippen LogP contribution in [0, 0.1) is 0 Å². The molecule has 9 heteroatoms. The average Bonchev–Trinajstić information content (AvgIpc) is 2.89. The second kappa shape index (κ2) is 10.4. The van der Waals surface area contributed by atoms with E-state index < -0.39 is 24.4 Å². The summed E-state index contributed by atoms with van der Waals surface area (Å²) in [6.45, 7) is -0.563. The summed E-state index contributed by atoms with van der Waals surface area (Å²) in [7, 11) is 1.41. The molecule has 2 amide bonds. The number of carbonyl (C=O) groups is 3. The smallest absolute Gasteiger partial charge is 0.359 e. The van der Waals surface area contributed by atoms with Crippen LogP contribution < -0.4 is 15.6 Å². The van der Waals surface area contributed by atoms with Crippen molar-refractivity contribution in [1.29, 1.82) is 0 Å². The third kappa shape index (κ3) is 5.25. The lowest BCUT2D eigenvalue weighted by molar-refractivity contribution is -0.123. The second-order valence-electron chi connectivity index (χ2n) is 7.50. The van der Waals surface area contributed by atoms with Crippen molar-refractivity contribution in [3.63, 3.8) is 0 Å². The number of aromatic nitrogens is 2. The summed E-state index contributed by atoms with van der Waals surface area (Å²) >= 11 is 0. The van der Waals surface area contributed by atoms with Crippen LogP contribution in [-0.4, -0.2) is 41.3 Å². The number of nitrogens with zero attached hydrogens (tertiary/aromatic N) is 2. The summed E-state index contributed by atoms with van der Waals surface area (Å²) in [6.07, 6.45) is 0. The van der Waals surface area contributed by atoms with Crippen molar-refractivity contribution in [3.8, 4) is 5.75 Å². The highest BCUT2D eigenvalue weighted by atomic mass is 16.5. The maximum Gasteiger partial charge on any atom is 0.359 e. The van der Waals surface area contributed by atoms with Gasteiger partial charge in [-0.05, 0) is 23.8 Å². The number of carbonyl (C=O) groups excluding carboxylic acids is 3. The van der Waals surface area contributed by atoms with Gasteiger partial charge in [0.25, 0.3) is 17.4 Å². The molecular weight excluding hydrogens is 450 g/mol. The first-order valence-corrected chi connectivity index (χ1v) is 10.7. The summed E-state index contributed by atoms with van der Waals surface area (Å²) in [4.78, 5) is 50.4. The van der Waals surface area contributed by atoms with Crippen LogP contribution in [0.15, 0.2) is 83.7 Å². The molecule has 1 aromatic heterocycles. The predicted octanol–water partition coefficient (Wildman–Crippen LogP) is 2.57. The molecule has 0 spiro atoms. The number of hydrogen-bond donors (Lipinski definition) is 1. The zero-order valence-corrected chi connectivity index (χ0v) is 18.8. The van der Waals surface area contributed by atoms with E-state index in [-0.39, 0.29) is 23.4 Å². The van der Waals surface area contributed by atoms with Crippen molar-refractivity contribution in [2.24, 2.45) is 0 Å². The highest BCUT2D eigenvalue weighted by Crippen LogP contribution is 2.17. The van der Waals surface area contributed by atoms with Crippen LogP contribution in [0.3, 0.4) is 0 Å². The van der Waals surface area contributed by atoms with Crippen LogP contribution in [0.5, 0.6) is 5.75 Å². The molecule has 0 unspecified atom stereocenters. The minimum absolute atomic E-state index is 0.111. The van der Waals surface area contributed by atoms with Crippen molar-refractivity contribution in [2.45, 2.75) is 6.54 Å². The molecule has 1 N–H and O–H groups in total. The first-order valence-electron chi connectivity index (χ1n) is 10.7. The fourth-order valence-corrected chi connectivity index (χ4v) is 3.51. The fraction of sp³-hybridized carbons (Fsp3) is 0.115. The Hall–Kier alpha value is -4.79. The van der Waals surface area contributed by atoms with E-state index >= 15 is 0 Å². The van der Waals surface area contributed by atoms with Crippen LogP contribution in [0.25, 0.3) is 10.8 Å². The molecule has 1 heterocycles. The van der Waals surface area contributed by atoms with Gasteiger partial charge in [-0.25, -0.2) is 9.48 Å². The molecule has 0 saturated carbocycles. The van der Waals surface area contributed by atoms with Gasteiger partial charge < -0.3 is 9.47 Å². The zero-order chi connectivity index (χ0) is 24.8. The Bertz CT molecular complexity index is 1460. The van der Waals surface area contributed by atoms with Gasteiger partial charge in [0.2, 0.25) is 0 Å². The molecule has 0 aliphatic carbocycles. The van der Waals surface area contributed by atoms with Crippen molar-refractivity contribution in [2.75, 3.05) is 13.7 Å². The molecule has 9 nitrogen and oxygen atoms in total. The monoisotopic (exact) mass is 471 g/mol. The van der Waals surface area contributed by atoms with E-state index in [0.29, 0.717) is 16.5 Å². The normalized spacial score (nSPS) is 10.5. The first-order chi connectivity index (χ1) is 17.0. The molecule has 0 radical (unpaired) electrons. The summed E-state index contributed by atoms with van der Waals surface area (Å²) in [6, 6.07) is 22.1. The number of esters is 1. The van der Waals surface area contributed by atoms with Crippen LogP contribution in [-0.2, 0) is 16.1 Å². The number of amides is 2. The Balaban J connectivity index is 1.52. The van der Waals surface area contributed by atoms with Gasteiger partial charge in [0.15, 0.2) is 12.3 Å². The van der Waals surface area contributed by atoms with Crippen LogP contribution in [0.1, 0.15) is 26.4 Å². The SMILES string of the molecule is COc1ccccc1C(=O)NC(=O)COC(=O)c1nn(Cc2ccccc2)c(=O)c2ccccc12. The molecule has 0 fully saturated rings. The van der Waals surface area contributed by atoms with Gasteiger partial charge in [-0.1, -0.05) is 60.7 Å². The highest BCUT2D eigenvalue weighted by Gasteiger charge is 2.20. The van der Waals surface area contributed by atoms with Gasteiger partial charge in [-0.2, -0.15) is 5.10 Å². The van der Waals surface area contributed by atoms with Crippen molar-refractivity contribution in [3.05, 3.63) is 106 Å². The Morgan fingerprint density at radius 2 is 1.54 bits per heavy atom. The predicted molar refractivity (Wildman–Crippen MR) is 127 cm³/mol. The number of nitrogens with one attached hydrogen (secondary N) is 1. The number of rotatable bonds is 7. The Morgan fingerprint density at radius 3 is 2.29 bits per heavy atom. The Kier molecular flexibility index (Phi) is 6.96. The Labute approximate surface area is 199 Å². The van der Waals surface area contributed by atoms with Crippen molar-refractivity contribution < 1.29 is 23.9 Å². The molecule has 0 aliphatic heterocycles. The number of methoxy groups -OCH3 is 1. The lowest BCUT2D eigenvalue weighted by Crippen LogP contribution is -2.34. The Morgan fingerprint density at radius 1 is 0.886 bits per heavy atom. The van der Waals surface area contributed by atoms with Gasteiger partial charge in [0.1, 0.15) is 5.75 Å². The number of fused-ring (bicyclic) bond motifs is 1. The van der Waals surface area contributed by atoms with E-state index in [1.54, 1.807) is 42.5 Å². The van der Waals surface area contributed by atoms with E-state index in [0.717, 1.165) is 5.56 Å². The maximum atomic E-state index is 12.9. The number of benzene rings is 3. The summed E-state index contributed by atoms with van der Waals surface area (Å²) in [5, 5.41) is 6.97. The standard InChI is InChI=1S/C26H21N3O6/c1-34-21-14-8-7-13-20(21)24(31)27-22(30)16-35-26(33)23-18-11-5-6-12-19(18)25(32)29(28-23)15-17-9-3-2-4-10-17/h2-14H,15-16H2,1H3,(H,27,30,31). The van der Waals surface area contributed by atoms with Crippen molar-refractivity contribution >= 4 is 28.6 Å². The molecule has 176 valence electrons. The molecule has 3 aromatic carbocycles. The van der Waals surface area contributed by atoms with E-state index in [1.165, 1.54) is 17.9 Å². The van der Waals surface area contributed by atoms with Gasteiger partial charge >= 0.3 is 5.97 Å². The van der Waals surface area contributed by atoms with E-state index in [4.69, 9.17) is 9.47 Å². The molecular formula is C26H21N3O6. The fourth-order valence-electron chi connectivity index (χ4n) is 3.51. The topological polar surface area (TPSA) is 117 Å². The molecule has 4 rings (SSSR count). The largest absolute Gasteiger partial charge is 0.496 e. The molecule has 0 bridgehead atoms. The van der Waals surface area contributed by atoms with E-state index in [1.807, 2.05) is 30.3 Å². The van der Waals surface area contributed by atoms with Gasteiger partial charge in [0, 0.05) is 5.39 Å². The van der Waals surface area contributed by atoms with Gasteiger partial charge in [0.05, 0.1) is 24.6 Å². The quantitative estimate of drug-likeness (QED) is 0.412. The molecule has 4 aromatic rings. The van der Waals surface area contributed by atoms with Gasteiger partial charge in [-0.3, -0.25) is 19.7 Å². The molecule has 0 aliphatic rings. The number of para-hydroxylation sites is 1. The molecule has 35 heavy (non-hydrogen) atoms. The average molecular weight is 471 g/mol. The maximum absolute atomic E-state index is 12.9. The first kappa shape index (κ1) is 23.4. The van der Waals surface area contributed by atoms with E-state index in [2.05, 4.69) is 10.4 Å². The second-order valence-corrected chi connectivity index (χ2v) is 7.50. The summed E-state index contributed by atoms with van der Waals surface area (Å²) in [5.74, 6) is -2.12. The van der Waals surface area contributed by atoms with Gasteiger partial charge in [-0.15, -0.1) is 0 Å². The van der Waals surface area contributed by atoms with Crippen molar-refractivity contribution in [1.82, 2.24) is 15.1 Å². The third-order valence-electron chi connectivity index (χ3n) is 5.18. The lowest BCUT2D eigenvalue weighted by atomic mass is 10.1. The minimum atomic E-state index is -0.900. The molecule has 0 atom stereocenters. The number of hydrogen-bond acceptors (Lipinski definition) is 7.